The van der Waals surface area contributed by atoms with Gasteiger partial charge in [-0.1, -0.05) is 18.5 Å². The molecule has 17 heavy (non-hydrogen) atoms. The van der Waals surface area contributed by atoms with Gasteiger partial charge in [-0.15, -0.1) is 0 Å². The number of hydrogen-bond donors (Lipinski definition) is 1. The molecule has 0 aliphatic rings. The van der Waals surface area contributed by atoms with Gasteiger partial charge in [-0.2, -0.15) is 0 Å². The zero-order valence-electron chi connectivity index (χ0n) is 10.9. The second kappa shape index (κ2) is 6.77. The Bertz CT molecular complexity index is 371. The van der Waals surface area contributed by atoms with Gasteiger partial charge in [0.2, 0.25) is 0 Å². The summed E-state index contributed by atoms with van der Waals surface area (Å²) in [5, 5.41) is 3.82. The van der Waals surface area contributed by atoms with Crippen molar-refractivity contribution in [2.45, 2.75) is 40.2 Å². The first-order valence-corrected chi connectivity index (χ1v) is 6.33. The largest absolute Gasteiger partial charge is 0.380 e. The third-order valence-electron chi connectivity index (χ3n) is 2.40. The van der Waals surface area contributed by atoms with Crippen molar-refractivity contribution in [3.63, 3.8) is 0 Å². The molecule has 0 spiro atoms. The van der Waals surface area contributed by atoms with Crippen molar-refractivity contribution >= 4 is 17.4 Å². The van der Waals surface area contributed by atoms with Crippen LogP contribution < -0.4 is 5.32 Å². The average Bonchev–Trinajstić information content (AvgIpc) is 2.32. The van der Waals surface area contributed by atoms with Crippen LogP contribution in [0.3, 0.4) is 0 Å². The normalized spacial score (nSPS) is 12.5. The van der Waals surface area contributed by atoms with Gasteiger partial charge in [-0.05, 0) is 20.8 Å². The molecule has 0 saturated heterocycles. The van der Waals surface area contributed by atoms with E-state index in [-0.39, 0.29) is 6.04 Å². The van der Waals surface area contributed by atoms with Crippen LogP contribution in [-0.2, 0) is 11.2 Å². The number of aromatic nitrogens is 2. The molecule has 1 unspecified atom stereocenters. The zero-order valence-corrected chi connectivity index (χ0v) is 11.6. The quantitative estimate of drug-likeness (QED) is 0.796. The minimum atomic E-state index is 0.198. The topological polar surface area (TPSA) is 47.0 Å². The van der Waals surface area contributed by atoms with Gasteiger partial charge < -0.3 is 10.1 Å². The van der Waals surface area contributed by atoms with E-state index in [4.69, 9.17) is 16.3 Å². The maximum atomic E-state index is 6.06. The lowest BCUT2D eigenvalue weighted by Crippen LogP contribution is -2.23. The van der Waals surface area contributed by atoms with E-state index in [0.717, 1.165) is 30.2 Å². The second-order valence-corrected chi connectivity index (χ2v) is 4.32. The minimum absolute atomic E-state index is 0.198. The fourth-order valence-electron chi connectivity index (χ4n) is 1.40. The summed E-state index contributed by atoms with van der Waals surface area (Å²) in [6.07, 6.45) is 0.772. The van der Waals surface area contributed by atoms with Crippen LogP contribution in [0.2, 0.25) is 5.15 Å². The number of anilines is 1. The van der Waals surface area contributed by atoms with Crippen molar-refractivity contribution in [1.29, 1.82) is 0 Å². The molecule has 0 aliphatic carbocycles. The van der Waals surface area contributed by atoms with Crippen LogP contribution in [0, 0.1) is 6.92 Å². The average molecular weight is 258 g/mol. The number of halogens is 1. The highest BCUT2D eigenvalue weighted by Crippen LogP contribution is 2.20. The lowest BCUT2D eigenvalue weighted by Gasteiger charge is -2.16. The van der Waals surface area contributed by atoms with Crippen LogP contribution in [0.15, 0.2) is 0 Å². The van der Waals surface area contributed by atoms with Crippen molar-refractivity contribution < 1.29 is 4.74 Å². The Morgan fingerprint density at radius 1 is 1.35 bits per heavy atom. The molecule has 4 nitrogen and oxygen atoms in total. The molecule has 0 amide bonds. The standard InChI is InChI=1S/C12H20ClN3O/c1-5-10-15-11(13)9(4)12(16-10)14-8(3)7-17-6-2/h8H,5-7H2,1-4H3,(H,14,15,16). The molecule has 1 aromatic heterocycles. The number of rotatable bonds is 6. The van der Waals surface area contributed by atoms with Crippen LogP contribution in [0.4, 0.5) is 5.82 Å². The molecule has 0 saturated carbocycles. The first kappa shape index (κ1) is 14.2. The van der Waals surface area contributed by atoms with Crippen LogP contribution in [0.1, 0.15) is 32.2 Å². The van der Waals surface area contributed by atoms with Gasteiger partial charge in [0.25, 0.3) is 0 Å². The van der Waals surface area contributed by atoms with Crippen LogP contribution >= 0.6 is 11.6 Å². The molecule has 1 heterocycles. The molecule has 0 aromatic carbocycles. The van der Waals surface area contributed by atoms with E-state index in [1.165, 1.54) is 0 Å². The molecular weight excluding hydrogens is 238 g/mol. The second-order valence-electron chi connectivity index (χ2n) is 3.96. The summed E-state index contributed by atoms with van der Waals surface area (Å²) in [5.41, 5.74) is 0.882. The fourth-order valence-corrected chi connectivity index (χ4v) is 1.59. The molecule has 5 heteroatoms. The number of nitrogens with one attached hydrogen (secondary N) is 1. The third kappa shape index (κ3) is 4.13. The Morgan fingerprint density at radius 3 is 2.65 bits per heavy atom. The van der Waals surface area contributed by atoms with Crippen molar-refractivity contribution in [3.05, 3.63) is 16.5 Å². The van der Waals surface area contributed by atoms with E-state index >= 15 is 0 Å². The predicted octanol–water partition coefficient (Wildman–Crippen LogP) is 2.84. The highest BCUT2D eigenvalue weighted by Gasteiger charge is 2.10. The SMILES string of the molecule is CCOCC(C)Nc1nc(CC)nc(Cl)c1C. The summed E-state index contributed by atoms with van der Waals surface area (Å²) in [6.45, 7) is 9.33. The number of nitrogens with zero attached hydrogens (tertiary/aromatic N) is 2. The van der Waals surface area contributed by atoms with Gasteiger partial charge in [0.1, 0.15) is 16.8 Å². The summed E-state index contributed by atoms with van der Waals surface area (Å²) >= 11 is 6.06. The lowest BCUT2D eigenvalue weighted by atomic mass is 10.3. The summed E-state index contributed by atoms with van der Waals surface area (Å²) in [7, 11) is 0. The molecule has 1 rings (SSSR count). The van der Waals surface area contributed by atoms with E-state index in [0.29, 0.717) is 11.8 Å². The first-order valence-electron chi connectivity index (χ1n) is 5.95. The lowest BCUT2D eigenvalue weighted by molar-refractivity contribution is 0.141. The molecule has 1 aromatic rings. The molecule has 0 aliphatic heterocycles. The predicted molar refractivity (Wildman–Crippen MR) is 70.7 cm³/mol. The van der Waals surface area contributed by atoms with Crippen LogP contribution in [0.5, 0.6) is 0 Å². The first-order chi connectivity index (χ1) is 8.08. The third-order valence-corrected chi connectivity index (χ3v) is 2.77. The van der Waals surface area contributed by atoms with Crippen molar-refractivity contribution in [3.8, 4) is 0 Å². The Balaban J connectivity index is 2.78. The molecule has 0 fully saturated rings. The van der Waals surface area contributed by atoms with Crippen molar-refractivity contribution in [2.24, 2.45) is 0 Å². The Labute approximate surface area is 108 Å². The van der Waals surface area contributed by atoms with Crippen molar-refractivity contribution in [2.75, 3.05) is 18.5 Å². The summed E-state index contributed by atoms with van der Waals surface area (Å²) in [5.74, 6) is 1.56. The van der Waals surface area contributed by atoms with E-state index in [1.807, 2.05) is 20.8 Å². The van der Waals surface area contributed by atoms with Gasteiger partial charge in [-0.3, -0.25) is 0 Å². The number of hydrogen-bond acceptors (Lipinski definition) is 4. The molecular formula is C12H20ClN3O. The highest BCUT2D eigenvalue weighted by atomic mass is 35.5. The Morgan fingerprint density at radius 2 is 2.06 bits per heavy atom. The number of aryl methyl sites for hydroxylation is 1. The Kier molecular flexibility index (Phi) is 5.65. The zero-order chi connectivity index (χ0) is 12.8. The summed E-state index contributed by atoms with van der Waals surface area (Å²) in [4.78, 5) is 8.64. The molecule has 96 valence electrons. The summed E-state index contributed by atoms with van der Waals surface area (Å²) < 4.78 is 5.36. The maximum Gasteiger partial charge on any atom is 0.137 e. The van der Waals surface area contributed by atoms with E-state index in [1.54, 1.807) is 0 Å². The number of ether oxygens (including phenoxy) is 1. The summed E-state index contributed by atoms with van der Waals surface area (Å²) in [6, 6.07) is 0.198. The Hall–Kier alpha value is -0.870. The van der Waals surface area contributed by atoms with Gasteiger partial charge in [0, 0.05) is 24.6 Å². The van der Waals surface area contributed by atoms with Gasteiger partial charge >= 0.3 is 0 Å². The van der Waals surface area contributed by atoms with Gasteiger partial charge in [0.05, 0.1) is 6.61 Å². The van der Waals surface area contributed by atoms with Gasteiger partial charge in [-0.25, -0.2) is 9.97 Å². The van der Waals surface area contributed by atoms with Crippen LogP contribution in [0.25, 0.3) is 0 Å². The maximum absolute atomic E-state index is 6.06. The monoisotopic (exact) mass is 257 g/mol. The molecule has 1 atom stereocenters. The highest BCUT2D eigenvalue weighted by molar-refractivity contribution is 6.30. The molecule has 0 bridgehead atoms. The van der Waals surface area contributed by atoms with Crippen molar-refractivity contribution in [1.82, 2.24) is 9.97 Å². The smallest absolute Gasteiger partial charge is 0.137 e. The van der Waals surface area contributed by atoms with E-state index in [9.17, 15) is 0 Å². The molecule has 0 radical (unpaired) electrons. The fraction of sp³-hybridized carbons (Fsp3) is 0.667. The molecule has 1 N–H and O–H groups in total. The van der Waals surface area contributed by atoms with E-state index in [2.05, 4.69) is 22.2 Å². The minimum Gasteiger partial charge on any atom is -0.380 e. The van der Waals surface area contributed by atoms with Crippen LogP contribution in [-0.4, -0.2) is 29.2 Å². The van der Waals surface area contributed by atoms with E-state index < -0.39 is 0 Å². The van der Waals surface area contributed by atoms with Gasteiger partial charge in [0.15, 0.2) is 0 Å².